The highest BCUT2D eigenvalue weighted by Gasteiger charge is 2.50. The maximum absolute atomic E-state index is 12.7. The van der Waals surface area contributed by atoms with Gasteiger partial charge in [0, 0.05) is 85.6 Å². The average molecular weight is 1320 g/mol. The van der Waals surface area contributed by atoms with Gasteiger partial charge in [0.1, 0.15) is 79.1 Å². The summed E-state index contributed by atoms with van der Waals surface area (Å²) < 4.78 is 33.6. The van der Waals surface area contributed by atoms with E-state index in [0.29, 0.717) is 70.1 Å². The molecule has 4 aromatic carbocycles. The number of rotatable bonds is 33. The summed E-state index contributed by atoms with van der Waals surface area (Å²) in [5.74, 6) is -2.33. The number of nitrogens with zero attached hydrogens (tertiary/aromatic N) is 3. The molecule has 3 aliphatic heterocycles. The second kappa shape index (κ2) is 35.5. The van der Waals surface area contributed by atoms with Gasteiger partial charge in [0.25, 0.3) is 5.91 Å². The quantitative estimate of drug-likeness (QED) is 0.00609. The lowest BCUT2D eigenvalue weighted by Gasteiger charge is -2.44. The van der Waals surface area contributed by atoms with E-state index >= 15 is 0 Å². The number of phenols is 1. The third-order valence-corrected chi connectivity index (χ3v) is 16.6. The fourth-order valence-electron chi connectivity index (χ4n) is 11.0. The van der Waals surface area contributed by atoms with E-state index in [-0.39, 0.29) is 46.8 Å². The topological polar surface area (TPSA) is 371 Å². The molecule has 0 spiro atoms. The van der Waals surface area contributed by atoms with Crippen molar-refractivity contribution in [2.45, 2.75) is 164 Å². The summed E-state index contributed by atoms with van der Waals surface area (Å²) in [5.41, 5.74) is 4.80. The van der Waals surface area contributed by atoms with Crippen LogP contribution in [0.15, 0.2) is 123 Å². The minimum atomic E-state index is -1.89. The zero-order valence-electron chi connectivity index (χ0n) is 52.5. The Bertz CT molecular complexity index is 3540. The van der Waals surface area contributed by atoms with Gasteiger partial charge in [-0.2, -0.15) is 10.2 Å². The van der Waals surface area contributed by atoms with Gasteiger partial charge < -0.3 is 89.8 Å². The van der Waals surface area contributed by atoms with Crippen molar-refractivity contribution in [3.05, 3.63) is 124 Å². The largest absolute Gasteiger partial charge is 0.508 e. The smallest absolute Gasteiger partial charge is 0.336 e. The number of esters is 2. The Balaban J connectivity index is 0.648. The first-order chi connectivity index (χ1) is 45.2. The van der Waals surface area contributed by atoms with E-state index in [4.69, 9.17) is 40.3 Å². The Morgan fingerprint density at radius 3 is 1.63 bits per heavy atom. The molecular formula is C68H84N6O19S. The summed E-state index contributed by atoms with van der Waals surface area (Å²) in [6.45, 7) is 0.0599. The van der Waals surface area contributed by atoms with E-state index in [0.717, 1.165) is 88.4 Å². The van der Waals surface area contributed by atoms with Crippen LogP contribution in [-0.4, -0.2) is 172 Å². The van der Waals surface area contributed by atoms with Crippen LogP contribution in [0.4, 0.5) is 22.7 Å². The van der Waals surface area contributed by atoms with Gasteiger partial charge in [-0.1, -0.05) is 70.3 Å². The average Bonchev–Trinajstić information content (AvgIpc) is 0.773. The van der Waals surface area contributed by atoms with E-state index in [2.05, 4.69) is 26.2 Å². The Labute approximate surface area is 549 Å². The molecule has 4 aromatic rings. The van der Waals surface area contributed by atoms with Crippen molar-refractivity contribution in [3.8, 4) is 28.2 Å². The molecule has 0 aromatic heterocycles. The molecule has 0 saturated carbocycles. The predicted molar refractivity (Wildman–Crippen MR) is 351 cm³/mol. The van der Waals surface area contributed by atoms with Gasteiger partial charge in [0.05, 0.1) is 16.9 Å². The molecule has 2 fully saturated rings. The lowest BCUT2D eigenvalue weighted by atomic mass is 9.90. The van der Waals surface area contributed by atoms with E-state index in [9.17, 15) is 64.8 Å². The highest BCUT2D eigenvalue weighted by molar-refractivity contribution is 7.80. The molecule has 6 unspecified atom stereocenters. The fraction of sp³-hybridized carbons (Fsp3) is 0.471. The Kier molecular flexibility index (Phi) is 27.1. The number of nitrogens with one attached hydrogen (secondary N) is 3. The van der Waals surface area contributed by atoms with Crippen LogP contribution in [0.25, 0.3) is 33.4 Å². The van der Waals surface area contributed by atoms with Crippen molar-refractivity contribution in [3.63, 3.8) is 0 Å². The van der Waals surface area contributed by atoms with Gasteiger partial charge in [-0.15, -0.1) is 0 Å². The van der Waals surface area contributed by atoms with Crippen LogP contribution in [-0.2, 0) is 33.3 Å². The van der Waals surface area contributed by atoms with Crippen LogP contribution in [0.1, 0.15) is 123 Å². The van der Waals surface area contributed by atoms with Crippen LogP contribution in [0, 0.1) is 0 Å². The lowest BCUT2D eigenvalue weighted by Crippen LogP contribution is -2.64. The molecule has 11 N–H and O–H groups in total. The van der Waals surface area contributed by atoms with Gasteiger partial charge in [-0.05, 0) is 128 Å². The number of aliphatic hydroxyl groups is 6. The molecular weight excluding hydrogens is 1240 g/mol. The Morgan fingerprint density at radius 1 is 0.574 bits per heavy atom. The summed E-state index contributed by atoms with van der Waals surface area (Å²) >= 11 is 5.50. The van der Waals surface area contributed by atoms with Crippen molar-refractivity contribution in [1.29, 1.82) is 0 Å². The number of ether oxygens (including phenoxy) is 5. The first-order valence-corrected chi connectivity index (χ1v) is 32.2. The number of hydrogen-bond acceptors (Lipinski definition) is 22. The van der Waals surface area contributed by atoms with Crippen molar-refractivity contribution in [1.82, 2.24) is 10.6 Å². The van der Waals surface area contributed by atoms with Crippen molar-refractivity contribution in [2.24, 2.45) is 10.2 Å². The third kappa shape index (κ3) is 20.5. The predicted octanol–water partition coefficient (Wildman–Crippen LogP) is 8.13. The van der Waals surface area contributed by atoms with Crippen molar-refractivity contribution in [2.75, 3.05) is 50.6 Å². The molecule has 1 amide bonds. The van der Waals surface area contributed by atoms with Gasteiger partial charge in [0.2, 0.25) is 0 Å². The molecule has 10 atom stereocenters. The number of aromatic hydroxyl groups is 1. The number of hydrogen-bond donors (Lipinski definition) is 11. The number of aromatic carboxylic acids is 1. The summed E-state index contributed by atoms with van der Waals surface area (Å²) in [6, 6.07) is 28.2. The number of azo groups is 1. The molecule has 2 saturated heterocycles. The fourth-order valence-corrected chi connectivity index (χ4v) is 11.2. The SMILES string of the molecule is CN(C)c1ccc(/N=N/c2ccc(C(=O)NCCCCCCCCCC(=O)OCC3O[C@H](O[C@H]4OC(COC(=O)CCCCCCCCCNC(=S)Nc5ccc(-c6c7ccc(=O)cc-7oc7cc(O)ccc67)c(C(=O)O)c5)[C@@H](O)C(O)C4O)C(O)C(O)[C@@H]3O)cc2)cc1. The molecule has 0 bridgehead atoms. The number of carbonyl (C=O) groups excluding carboxylic acids is 3. The summed E-state index contributed by atoms with van der Waals surface area (Å²) in [4.78, 5) is 64.8. The number of amides is 1. The maximum Gasteiger partial charge on any atom is 0.336 e. The minimum absolute atomic E-state index is 0.0198. The van der Waals surface area contributed by atoms with E-state index in [1.165, 1.54) is 30.3 Å². The summed E-state index contributed by atoms with van der Waals surface area (Å²) in [7, 11) is 3.93. The molecule has 0 radical (unpaired) electrons. The molecule has 1 aliphatic carbocycles. The molecule has 94 heavy (non-hydrogen) atoms. The monoisotopic (exact) mass is 1320 g/mol. The van der Waals surface area contributed by atoms with Crippen molar-refractivity contribution >= 4 is 74.9 Å². The number of thiocarbonyl (C=S) groups is 1. The second-order valence-corrected chi connectivity index (χ2v) is 24.1. The zero-order chi connectivity index (χ0) is 67.3. The highest BCUT2D eigenvalue weighted by Crippen LogP contribution is 2.43. The molecule has 4 aliphatic rings. The number of carbonyl (C=O) groups is 4. The van der Waals surface area contributed by atoms with Crippen molar-refractivity contribution < 1.29 is 88.1 Å². The molecule has 3 heterocycles. The molecule has 8 rings (SSSR count). The summed E-state index contributed by atoms with van der Waals surface area (Å²) in [6.07, 6.45) is -5.63. The van der Waals surface area contributed by atoms with Gasteiger partial charge in [0.15, 0.2) is 23.1 Å². The summed E-state index contributed by atoms with van der Waals surface area (Å²) in [5, 5.41) is 103. The molecule has 25 nitrogen and oxygen atoms in total. The number of carboxylic acid groups (broad SMARTS) is 1. The number of aliphatic hydroxyl groups excluding tert-OH is 6. The van der Waals surface area contributed by atoms with E-state index in [1.54, 1.807) is 48.5 Å². The van der Waals surface area contributed by atoms with E-state index in [1.807, 2.05) is 43.3 Å². The highest BCUT2D eigenvalue weighted by atomic mass is 32.1. The van der Waals surface area contributed by atoms with Gasteiger partial charge in [-0.3, -0.25) is 19.2 Å². The number of benzene rings is 5. The lowest BCUT2D eigenvalue weighted by molar-refractivity contribution is -0.376. The number of fused-ring (bicyclic) bond motifs is 2. The first-order valence-electron chi connectivity index (χ1n) is 31.8. The van der Waals surface area contributed by atoms with E-state index < -0.39 is 92.5 Å². The normalized spacial score (nSPS) is 21.2. The number of phenolic OH excluding ortho intramolecular Hbond substituents is 1. The third-order valence-electron chi connectivity index (χ3n) is 16.3. The van der Waals surface area contributed by atoms with Gasteiger partial charge >= 0.3 is 17.9 Å². The first kappa shape index (κ1) is 71.8. The van der Waals surface area contributed by atoms with Crippen LogP contribution >= 0.6 is 12.2 Å². The molecule has 26 heteroatoms. The zero-order valence-corrected chi connectivity index (χ0v) is 53.4. The standard InChI is InChI=1S/C68H84N6O19S/c1-74(2)44-26-23-42(24-27-44)73-72-41-21-19-40(20-22-41)64(85)69-33-15-11-7-3-5-9-13-17-55(77)88-38-53-58(79)60(81)62(83)66(91-53)93-67-63(84)61(82)59(80)54(92-67)39-89-56(78)18-14-10-6-4-8-12-16-34-70-68(94)71-43-25-30-47(50(35-43)65(86)87)57-48-31-28-45(75)36-51(48)90-52-37-46(76)29-32-49(52)57/h19-32,35-37,53-54,58-63,66-67,75,79-84H,3-18,33-34,38-39H2,1-2H3,(H,69,85)(H,86,87)(H2,70,71,94)/b73-72+/t53?,54?,58-,59-,60?,61?,62?,63?,66-,67-/m1/s1. The number of carboxylic acids is 1. The number of anilines is 2. The Morgan fingerprint density at radius 2 is 1.09 bits per heavy atom. The Hall–Kier alpha value is -8.02. The van der Waals surface area contributed by atoms with Crippen LogP contribution < -0.4 is 26.3 Å². The molecule has 506 valence electrons. The van der Waals surface area contributed by atoms with Gasteiger partial charge in [-0.25, -0.2) is 4.79 Å². The second-order valence-electron chi connectivity index (χ2n) is 23.7. The number of unbranched alkanes of at least 4 members (excludes halogenated alkanes) is 12. The maximum atomic E-state index is 12.7. The van der Waals surface area contributed by atoms with Crippen LogP contribution in [0.2, 0.25) is 0 Å². The van der Waals surface area contributed by atoms with Crippen LogP contribution in [0.5, 0.6) is 5.75 Å². The minimum Gasteiger partial charge on any atom is -0.508 e. The van der Waals surface area contributed by atoms with Crippen LogP contribution in [0.3, 0.4) is 0 Å².